The molecule has 0 spiro atoms. The number of unbranched alkanes of at least 4 members (excludes halogenated alkanes) is 2. The van der Waals surface area contributed by atoms with Crippen molar-refractivity contribution < 1.29 is 9.90 Å². The fourth-order valence-corrected chi connectivity index (χ4v) is 1.31. The zero-order valence-electron chi connectivity index (χ0n) is 9.07. The summed E-state index contributed by atoms with van der Waals surface area (Å²) in [7, 11) is 0. The van der Waals surface area contributed by atoms with Crippen LogP contribution in [0, 0.1) is 12.3 Å². The lowest BCUT2D eigenvalue weighted by Gasteiger charge is -2.05. The highest BCUT2D eigenvalue weighted by Gasteiger charge is 2.08. The zero-order valence-corrected chi connectivity index (χ0v) is 9.07. The third-order valence-corrected chi connectivity index (χ3v) is 2.18. The molecule has 1 rings (SSSR count). The third-order valence-electron chi connectivity index (χ3n) is 2.18. The quantitative estimate of drug-likeness (QED) is 0.585. The van der Waals surface area contributed by atoms with Crippen LogP contribution in [-0.2, 0) is 0 Å². The molecule has 0 aliphatic carbocycles. The number of hydrogen-bond donors (Lipinski definition) is 2. The maximum absolute atomic E-state index is 11.6. The summed E-state index contributed by atoms with van der Waals surface area (Å²) in [6, 6.07) is 6.48. The molecule has 0 aliphatic heterocycles. The highest BCUT2D eigenvalue weighted by atomic mass is 16.3. The number of aromatic hydroxyl groups is 1. The van der Waals surface area contributed by atoms with E-state index in [1.165, 1.54) is 6.07 Å². The molecule has 1 aromatic rings. The summed E-state index contributed by atoms with van der Waals surface area (Å²) < 4.78 is 0. The molecule has 3 nitrogen and oxygen atoms in total. The van der Waals surface area contributed by atoms with Crippen molar-refractivity contribution in [1.82, 2.24) is 5.32 Å². The first-order valence-corrected chi connectivity index (χ1v) is 5.25. The molecule has 1 amide bonds. The van der Waals surface area contributed by atoms with E-state index < -0.39 is 0 Å². The summed E-state index contributed by atoms with van der Waals surface area (Å²) in [4.78, 5) is 11.6. The molecule has 0 bridgehead atoms. The van der Waals surface area contributed by atoms with Gasteiger partial charge in [-0.2, -0.15) is 0 Å². The summed E-state index contributed by atoms with van der Waals surface area (Å²) in [5, 5.41) is 12.2. The molecular weight excluding hydrogens is 202 g/mol. The first-order chi connectivity index (χ1) is 7.75. The molecule has 0 fully saturated rings. The van der Waals surface area contributed by atoms with E-state index in [1.807, 2.05) is 0 Å². The Morgan fingerprint density at radius 1 is 1.38 bits per heavy atom. The number of carbonyl (C=O) groups is 1. The maximum atomic E-state index is 11.6. The zero-order chi connectivity index (χ0) is 11.8. The number of nitrogens with one attached hydrogen (secondary N) is 1. The second-order valence-corrected chi connectivity index (χ2v) is 3.43. The molecule has 0 saturated carbocycles. The van der Waals surface area contributed by atoms with Crippen molar-refractivity contribution in [3.63, 3.8) is 0 Å². The van der Waals surface area contributed by atoms with Gasteiger partial charge in [-0.05, 0) is 25.0 Å². The van der Waals surface area contributed by atoms with Gasteiger partial charge in [0.15, 0.2) is 0 Å². The monoisotopic (exact) mass is 217 g/mol. The van der Waals surface area contributed by atoms with Gasteiger partial charge in [0, 0.05) is 13.0 Å². The van der Waals surface area contributed by atoms with Crippen LogP contribution < -0.4 is 5.32 Å². The molecule has 0 atom stereocenters. The van der Waals surface area contributed by atoms with Gasteiger partial charge in [0.25, 0.3) is 5.91 Å². The summed E-state index contributed by atoms with van der Waals surface area (Å²) in [5.74, 6) is 2.30. The molecule has 3 heteroatoms. The molecule has 2 N–H and O–H groups in total. The molecule has 0 heterocycles. The van der Waals surface area contributed by atoms with Crippen molar-refractivity contribution in [1.29, 1.82) is 0 Å². The van der Waals surface area contributed by atoms with Crippen molar-refractivity contribution >= 4 is 5.91 Å². The Labute approximate surface area is 95.5 Å². The number of benzene rings is 1. The van der Waals surface area contributed by atoms with Crippen LogP contribution in [0.2, 0.25) is 0 Å². The normalized spacial score (nSPS) is 9.44. The van der Waals surface area contributed by atoms with Crippen LogP contribution in [-0.4, -0.2) is 17.6 Å². The summed E-state index contributed by atoms with van der Waals surface area (Å²) in [6.45, 7) is 0.578. The highest BCUT2D eigenvalue weighted by molar-refractivity contribution is 5.96. The maximum Gasteiger partial charge on any atom is 0.255 e. The Morgan fingerprint density at radius 2 is 2.12 bits per heavy atom. The van der Waals surface area contributed by atoms with E-state index in [0.717, 1.165) is 19.3 Å². The van der Waals surface area contributed by atoms with Crippen LogP contribution in [0.4, 0.5) is 0 Å². The Bertz CT molecular complexity index is 393. The van der Waals surface area contributed by atoms with Gasteiger partial charge in [-0.25, -0.2) is 0 Å². The molecule has 0 unspecified atom stereocenters. The molecule has 0 radical (unpaired) electrons. The molecule has 0 aliphatic rings. The topological polar surface area (TPSA) is 49.3 Å². The van der Waals surface area contributed by atoms with Crippen LogP contribution in [0.3, 0.4) is 0 Å². The Morgan fingerprint density at radius 3 is 2.81 bits per heavy atom. The highest BCUT2D eigenvalue weighted by Crippen LogP contribution is 2.14. The number of amides is 1. The molecule has 0 saturated heterocycles. The van der Waals surface area contributed by atoms with E-state index in [-0.39, 0.29) is 11.7 Å². The van der Waals surface area contributed by atoms with E-state index in [4.69, 9.17) is 6.42 Å². The number of phenolic OH excluding ortho intramolecular Hbond substituents is 1. The summed E-state index contributed by atoms with van der Waals surface area (Å²) >= 11 is 0. The average Bonchev–Trinajstić information content (AvgIpc) is 2.29. The average molecular weight is 217 g/mol. The van der Waals surface area contributed by atoms with Gasteiger partial charge >= 0.3 is 0 Å². The van der Waals surface area contributed by atoms with Crippen molar-refractivity contribution in [2.45, 2.75) is 19.3 Å². The molecule has 16 heavy (non-hydrogen) atoms. The minimum Gasteiger partial charge on any atom is -0.507 e. The van der Waals surface area contributed by atoms with Crippen LogP contribution in [0.15, 0.2) is 24.3 Å². The van der Waals surface area contributed by atoms with Crippen LogP contribution in [0.25, 0.3) is 0 Å². The van der Waals surface area contributed by atoms with Gasteiger partial charge < -0.3 is 10.4 Å². The van der Waals surface area contributed by atoms with Crippen molar-refractivity contribution in [3.05, 3.63) is 29.8 Å². The predicted octanol–water partition coefficient (Wildman–Crippen LogP) is 1.93. The Hall–Kier alpha value is -1.95. The van der Waals surface area contributed by atoms with Gasteiger partial charge in [0.1, 0.15) is 5.75 Å². The molecule has 0 aromatic heterocycles. The first kappa shape index (κ1) is 12.1. The number of hydrogen-bond acceptors (Lipinski definition) is 2. The summed E-state index contributed by atoms with van der Waals surface area (Å²) in [6.07, 6.45) is 7.59. The summed E-state index contributed by atoms with van der Waals surface area (Å²) in [5.41, 5.74) is 0.305. The van der Waals surface area contributed by atoms with Crippen molar-refractivity contribution in [2.75, 3.05) is 6.54 Å². The molecule has 84 valence electrons. The standard InChI is InChI=1S/C13H15NO2/c1-2-3-4-7-10-14-13(16)11-8-5-6-9-12(11)15/h1,5-6,8-9,15H,3-4,7,10H2,(H,14,16). The van der Waals surface area contributed by atoms with Crippen LogP contribution >= 0.6 is 0 Å². The Balaban J connectivity index is 2.36. The second kappa shape index (κ2) is 6.52. The number of phenols is 1. The van der Waals surface area contributed by atoms with Crippen LogP contribution in [0.5, 0.6) is 5.75 Å². The minimum atomic E-state index is -0.251. The van der Waals surface area contributed by atoms with Gasteiger partial charge in [-0.1, -0.05) is 12.1 Å². The van der Waals surface area contributed by atoms with Gasteiger partial charge in [-0.15, -0.1) is 12.3 Å². The predicted molar refractivity (Wildman–Crippen MR) is 63.1 cm³/mol. The minimum absolute atomic E-state index is 0.00336. The number of terminal acetylenes is 1. The van der Waals surface area contributed by atoms with E-state index in [1.54, 1.807) is 18.2 Å². The van der Waals surface area contributed by atoms with Gasteiger partial charge in [0.2, 0.25) is 0 Å². The van der Waals surface area contributed by atoms with E-state index in [2.05, 4.69) is 11.2 Å². The Kier molecular flexibility index (Phi) is 4.94. The lowest BCUT2D eigenvalue weighted by Crippen LogP contribution is -2.24. The van der Waals surface area contributed by atoms with E-state index in [0.29, 0.717) is 12.1 Å². The lowest BCUT2D eigenvalue weighted by atomic mass is 10.2. The van der Waals surface area contributed by atoms with Gasteiger partial charge in [-0.3, -0.25) is 4.79 Å². The van der Waals surface area contributed by atoms with Crippen molar-refractivity contribution in [3.8, 4) is 18.1 Å². The second-order valence-electron chi connectivity index (χ2n) is 3.43. The fraction of sp³-hybridized carbons (Fsp3) is 0.308. The smallest absolute Gasteiger partial charge is 0.255 e. The first-order valence-electron chi connectivity index (χ1n) is 5.25. The molecular formula is C13H15NO2. The molecule has 1 aromatic carbocycles. The van der Waals surface area contributed by atoms with Crippen LogP contribution in [0.1, 0.15) is 29.6 Å². The van der Waals surface area contributed by atoms with E-state index in [9.17, 15) is 9.90 Å². The lowest BCUT2D eigenvalue weighted by molar-refractivity contribution is 0.0950. The largest absolute Gasteiger partial charge is 0.507 e. The fourth-order valence-electron chi connectivity index (χ4n) is 1.31. The number of carbonyl (C=O) groups excluding carboxylic acids is 1. The third kappa shape index (κ3) is 3.66. The number of rotatable bonds is 5. The number of para-hydroxylation sites is 1. The SMILES string of the molecule is C#CCCCCNC(=O)c1ccccc1O. The van der Waals surface area contributed by atoms with Gasteiger partial charge in [0.05, 0.1) is 5.56 Å². The van der Waals surface area contributed by atoms with Crippen molar-refractivity contribution in [2.24, 2.45) is 0 Å². The van der Waals surface area contributed by atoms with E-state index >= 15 is 0 Å².